The first-order valence-electron chi connectivity index (χ1n) is 10.7. The lowest BCUT2D eigenvalue weighted by Crippen LogP contribution is -2.39. The molecular weight excluding hydrogens is 398 g/mol. The third-order valence-electron chi connectivity index (χ3n) is 5.61. The van der Waals surface area contributed by atoms with E-state index in [0.717, 1.165) is 19.5 Å². The van der Waals surface area contributed by atoms with E-state index in [9.17, 15) is 9.59 Å². The number of likely N-dealkylation sites (tertiary alicyclic amines) is 1. The summed E-state index contributed by atoms with van der Waals surface area (Å²) in [6, 6.07) is 6.92. The van der Waals surface area contributed by atoms with Gasteiger partial charge in [0, 0.05) is 25.2 Å². The molecule has 0 spiro atoms. The minimum Gasteiger partial charge on any atom is -0.493 e. The Morgan fingerprint density at radius 1 is 1.16 bits per heavy atom. The van der Waals surface area contributed by atoms with E-state index < -0.39 is 5.91 Å². The Kier molecular flexibility index (Phi) is 7.94. The van der Waals surface area contributed by atoms with Crippen LogP contribution in [0, 0.1) is 0 Å². The molecule has 8 nitrogen and oxygen atoms in total. The van der Waals surface area contributed by atoms with Gasteiger partial charge >= 0.3 is 0 Å². The monoisotopic (exact) mass is 429 g/mol. The second-order valence-corrected chi connectivity index (χ2v) is 7.67. The summed E-state index contributed by atoms with van der Waals surface area (Å²) in [4.78, 5) is 27.9. The van der Waals surface area contributed by atoms with E-state index in [1.807, 2.05) is 0 Å². The molecule has 1 saturated heterocycles. The average Bonchev–Trinajstić information content (AvgIpc) is 3.32. The van der Waals surface area contributed by atoms with Gasteiger partial charge in [-0.05, 0) is 50.9 Å². The summed E-state index contributed by atoms with van der Waals surface area (Å²) in [5.41, 5.74) is 0.616. The van der Waals surface area contributed by atoms with Gasteiger partial charge in [-0.2, -0.15) is 0 Å². The maximum absolute atomic E-state index is 12.9. The molecule has 1 fully saturated rings. The number of amides is 2. The van der Waals surface area contributed by atoms with Gasteiger partial charge in [0.25, 0.3) is 11.8 Å². The Hall–Kier alpha value is -3.00. The Morgan fingerprint density at radius 3 is 2.61 bits per heavy atom. The summed E-state index contributed by atoms with van der Waals surface area (Å²) in [5, 5.41) is 5.68. The highest BCUT2D eigenvalue weighted by molar-refractivity contribution is 6.08. The number of carbonyl (C=O) groups excluding carboxylic acids is 2. The molecule has 1 aromatic heterocycles. The van der Waals surface area contributed by atoms with Crippen LogP contribution >= 0.6 is 0 Å². The van der Waals surface area contributed by atoms with Gasteiger partial charge in [0.2, 0.25) is 0 Å². The fourth-order valence-corrected chi connectivity index (χ4v) is 3.83. The van der Waals surface area contributed by atoms with Gasteiger partial charge in [-0.25, -0.2) is 0 Å². The van der Waals surface area contributed by atoms with Crippen molar-refractivity contribution in [2.24, 2.45) is 0 Å². The lowest BCUT2D eigenvalue weighted by molar-refractivity contribution is 0.0949. The number of nitrogens with zero attached hydrogens (tertiary/aromatic N) is 1. The van der Waals surface area contributed by atoms with Gasteiger partial charge in [0.05, 0.1) is 31.7 Å². The normalized spacial score (nSPS) is 16.5. The van der Waals surface area contributed by atoms with Crippen LogP contribution in [-0.2, 0) is 0 Å². The molecule has 0 unspecified atom stereocenters. The Morgan fingerprint density at radius 2 is 1.94 bits per heavy atom. The quantitative estimate of drug-likeness (QED) is 0.592. The fourth-order valence-electron chi connectivity index (χ4n) is 3.83. The second-order valence-electron chi connectivity index (χ2n) is 7.67. The van der Waals surface area contributed by atoms with E-state index in [1.165, 1.54) is 39.7 Å². The molecule has 1 aromatic carbocycles. The summed E-state index contributed by atoms with van der Waals surface area (Å²) in [6.45, 7) is 4.88. The summed E-state index contributed by atoms with van der Waals surface area (Å²) in [7, 11) is 3.00. The number of ether oxygens (including phenoxy) is 2. The van der Waals surface area contributed by atoms with E-state index in [2.05, 4.69) is 22.5 Å². The highest BCUT2D eigenvalue weighted by Crippen LogP contribution is 2.33. The van der Waals surface area contributed by atoms with Gasteiger partial charge < -0.3 is 29.4 Å². The molecule has 1 aliphatic heterocycles. The zero-order valence-electron chi connectivity index (χ0n) is 18.4. The largest absolute Gasteiger partial charge is 0.493 e. The molecule has 8 heteroatoms. The maximum atomic E-state index is 12.9. The number of furan rings is 1. The summed E-state index contributed by atoms with van der Waals surface area (Å²) in [6.07, 6.45) is 6.04. The van der Waals surface area contributed by atoms with Gasteiger partial charge in [-0.1, -0.05) is 6.42 Å². The Labute approximate surface area is 182 Å². The maximum Gasteiger partial charge on any atom is 0.291 e. The van der Waals surface area contributed by atoms with Crippen LogP contribution in [0.2, 0.25) is 0 Å². The van der Waals surface area contributed by atoms with Crippen LogP contribution < -0.4 is 20.1 Å². The minimum atomic E-state index is -0.453. The molecule has 0 bridgehead atoms. The molecule has 2 aromatic rings. The fraction of sp³-hybridized carbons (Fsp3) is 0.478. The van der Waals surface area contributed by atoms with Crippen LogP contribution in [0.25, 0.3) is 0 Å². The summed E-state index contributed by atoms with van der Waals surface area (Å²) in [5.74, 6) is 0.225. The molecule has 2 heterocycles. The molecule has 0 aliphatic carbocycles. The SMILES string of the molecule is COc1cc(NC(=O)c2ccco2)c(C(=O)NCCCN2CCCC[C@H]2C)cc1OC. The van der Waals surface area contributed by atoms with Crippen molar-refractivity contribution in [1.82, 2.24) is 10.2 Å². The number of benzene rings is 1. The second kappa shape index (κ2) is 10.9. The number of nitrogens with one attached hydrogen (secondary N) is 2. The number of rotatable bonds is 9. The van der Waals surface area contributed by atoms with E-state index in [-0.39, 0.29) is 11.7 Å². The first-order valence-corrected chi connectivity index (χ1v) is 10.7. The highest BCUT2D eigenvalue weighted by atomic mass is 16.5. The van der Waals surface area contributed by atoms with Gasteiger partial charge in [-0.15, -0.1) is 0 Å². The predicted molar refractivity (Wildman–Crippen MR) is 118 cm³/mol. The molecule has 3 rings (SSSR count). The van der Waals surface area contributed by atoms with Crippen molar-refractivity contribution in [3.05, 3.63) is 41.9 Å². The van der Waals surface area contributed by atoms with Crippen LogP contribution in [0.5, 0.6) is 11.5 Å². The third-order valence-corrected chi connectivity index (χ3v) is 5.61. The van der Waals surface area contributed by atoms with E-state index in [1.54, 1.807) is 24.3 Å². The lowest BCUT2D eigenvalue weighted by atomic mass is 10.0. The van der Waals surface area contributed by atoms with Crippen LogP contribution in [0.15, 0.2) is 34.9 Å². The van der Waals surface area contributed by atoms with Crippen LogP contribution in [0.4, 0.5) is 5.69 Å². The van der Waals surface area contributed by atoms with Crippen molar-refractivity contribution in [3.8, 4) is 11.5 Å². The Bertz CT molecular complexity index is 882. The van der Waals surface area contributed by atoms with Crippen LogP contribution in [0.3, 0.4) is 0 Å². The van der Waals surface area contributed by atoms with Gasteiger partial charge in [0.1, 0.15) is 0 Å². The summed E-state index contributed by atoms with van der Waals surface area (Å²) >= 11 is 0. The number of hydrogen-bond donors (Lipinski definition) is 2. The van der Waals surface area contributed by atoms with E-state index in [0.29, 0.717) is 35.3 Å². The number of methoxy groups -OCH3 is 2. The first kappa shape index (κ1) is 22.7. The van der Waals surface area contributed by atoms with Crippen molar-refractivity contribution in [1.29, 1.82) is 0 Å². The molecule has 168 valence electrons. The molecule has 0 radical (unpaired) electrons. The molecular formula is C23H31N3O5. The van der Waals surface area contributed by atoms with Crippen LogP contribution in [0.1, 0.15) is 53.5 Å². The van der Waals surface area contributed by atoms with Crippen molar-refractivity contribution >= 4 is 17.5 Å². The number of piperidine rings is 1. The van der Waals surface area contributed by atoms with Crippen molar-refractivity contribution in [2.75, 3.05) is 39.2 Å². The lowest BCUT2D eigenvalue weighted by Gasteiger charge is -2.33. The van der Waals surface area contributed by atoms with Gasteiger partial charge in [-0.3, -0.25) is 9.59 Å². The van der Waals surface area contributed by atoms with E-state index >= 15 is 0 Å². The van der Waals surface area contributed by atoms with Crippen LogP contribution in [-0.4, -0.2) is 56.6 Å². The molecule has 1 aliphatic rings. The predicted octanol–water partition coefficient (Wildman–Crippen LogP) is 3.54. The van der Waals surface area contributed by atoms with Gasteiger partial charge in [0.15, 0.2) is 17.3 Å². The molecule has 31 heavy (non-hydrogen) atoms. The van der Waals surface area contributed by atoms with Crippen molar-refractivity contribution in [2.45, 2.75) is 38.6 Å². The van der Waals surface area contributed by atoms with Crippen molar-refractivity contribution in [3.63, 3.8) is 0 Å². The number of carbonyl (C=O) groups is 2. The smallest absolute Gasteiger partial charge is 0.291 e. The Balaban J connectivity index is 1.68. The molecule has 2 N–H and O–H groups in total. The third kappa shape index (κ3) is 5.79. The standard InChI is InChI=1S/C23H31N3O5/c1-16-8-4-5-11-26(16)12-7-10-24-22(27)17-14-20(29-2)21(30-3)15-18(17)25-23(28)19-9-6-13-31-19/h6,9,13-16H,4-5,7-8,10-12H2,1-3H3,(H,24,27)(H,25,28)/t16-/m1/s1. The number of anilines is 1. The average molecular weight is 430 g/mol. The topological polar surface area (TPSA) is 93.0 Å². The zero-order chi connectivity index (χ0) is 22.2. The van der Waals surface area contributed by atoms with E-state index in [4.69, 9.17) is 13.9 Å². The molecule has 1 atom stereocenters. The number of hydrogen-bond acceptors (Lipinski definition) is 6. The molecule has 0 saturated carbocycles. The highest BCUT2D eigenvalue weighted by Gasteiger charge is 2.21. The van der Waals surface area contributed by atoms with Crippen molar-refractivity contribution < 1.29 is 23.5 Å². The minimum absolute atomic E-state index is 0.150. The zero-order valence-corrected chi connectivity index (χ0v) is 18.4. The first-order chi connectivity index (χ1) is 15.0. The summed E-state index contributed by atoms with van der Waals surface area (Å²) < 4.78 is 15.8. The molecule has 2 amide bonds.